The third kappa shape index (κ3) is 2.64. The Hall–Kier alpha value is -0.120. The van der Waals surface area contributed by atoms with Crippen LogP contribution >= 0.6 is 0 Å². The van der Waals surface area contributed by atoms with Crippen molar-refractivity contribution >= 4 is 0 Å². The molecule has 1 atom stereocenters. The van der Waals surface area contributed by atoms with E-state index >= 15 is 0 Å². The molecule has 1 saturated heterocycles. The van der Waals surface area contributed by atoms with E-state index in [0.29, 0.717) is 19.1 Å². The minimum absolute atomic E-state index is 0.617. The van der Waals surface area contributed by atoms with Gasteiger partial charge in [0.1, 0.15) is 0 Å². The molecule has 0 bridgehead atoms. The quantitative estimate of drug-likeness (QED) is 0.566. The molecule has 0 aromatic rings. The van der Waals surface area contributed by atoms with Crippen molar-refractivity contribution in [1.29, 1.82) is 0 Å². The number of rotatable bonds is 4. The predicted molar refractivity (Wildman–Crippen MR) is 38.8 cm³/mol. The van der Waals surface area contributed by atoms with Gasteiger partial charge in [0.2, 0.25) is 0 Å². The molecule has 10 heavy (non-hydrogen) atoms. The highest BCUT2D eigenvalue weighted by Gasteiger charge is 2.14. The molecule has 0 aromatic heterocycles. The Morgan fingerprint density at radius 2 is 2.50 bits per heavy atom. The average molecular weight is 145 g/mol. The van der Waals surface area contributed by atoms with Crippen LogP contribution in [0.5, 0.6) is 0 Å². The highest BCUT2D eigenvalue weighted by molar-refractivity contribution is 4.62. The lowest BCUT2D eigenvalue weighted by Crippen LogP contribution is -2.14. The third-order valence-corrected chi connectivity index (χ3v) is 1.64. The summed E-state index contributed by atoms with van der Waals surface area (Å²) in [7, 11) is 0. The topological polar surface area (TPSA) is 44.5 Å². The fraction of sp³-hybridized carbons (Fsp3) is 1.00. The molecule has 1 aliphatic heterocycles. The van der Waals surface area contributed by atoms with Crippen molar-refractivity contribution in [3.8, 4) is 0 Å². The van der Waals surface area contributed by atoms with Crippen LogP contribution in [0.3, 0.4) is 0 Å². The van der Waals surface area contributed by atoms with E-state index < -0.39 is 0 Å². The molecule has 0 radical (unpaired) electrons. The smallest absolute Gasteiger partial charge is 0.0588 e. The molecule has 1 fully saturated rings. The van der Waals surface area contributed by atoms with Gasteiger partial charge in [-0.05, 0) is 6.42 Å². The molecule has 0 aromatic carbocycles. The Kier molecular flexibility index (Phi) is 3.72. The van der Waals surface area contributed by atoms with Crippen molar-refractivity contribution in [2.75, 3.05) is 33.0 Å². The Bertz CT molecular complexity index is 81.7. The van der Waals surface area contributed by atoms with Gasteiger partial charge in [0.25, 0.3) is 0 Å². The maximum absolute atomic E-state index is 5.26. The largest absolute Gasteiger partial charge is 0.381 e. The Morgan fingerprint density at radius 1 is 1.60 bits per heavy atom. The van der Waals surface area contributed by atoms with Crippen molar-refractivity contribution in [2.45, 2.75) is 6.42 Å². The fourth-order valence-corrected chi connectivity index (χ4v) is 1.05. The summed E-state index contributed by atoms with van der Waals surface area (Å²) in [6, 6.07) is 0. The van der Waals surface area contributed by atoms with Crippen LogP contribution in [0.1, 0.15) is 6.42 Å². The van der Waals surface area contributed by atoms with Gasteiger partial charge in [-0.2, -0.15) is 0 Å². The zero-order valence-electron chi connectivity index (χ0n) is 6.21. The van der Waals surface area contributed by atoms with E-state index in [-0.39, 0.29) is 0 Å². The van der Waals surface area contributed by atoms with Crippen molar-refractivity contribution in [3.05, 3.63) is 0 Å². The summed E-state index contributed by atoms with van der Waals surface area (Å²) in [5.41, 5.74) is 5.26. The van der Waals surface area contributed by atoms with Gasteiger partial charge in [-0.25, -0.2) is 0 Å². The van der Waals surface area contributed by atoms with Crippen LogP contribution in [0, 0.1) is 5.92 Å². The predicted octanol–water partition coefficient (Wildman–Crippen LogP) is -0.00180. The lowest BCUT2D eigenvalue weighted by Gasteiger charge is -2.06. The zero-order valence-corrected chi connectivity index (χ0v) is 6.21. The number of hydrogen-bond acceptors (Lipinski definition) is 3. The van der Waals surface area contributed by atoms with Crippen LogP contribution in [0.25, 0.3) is 0 Å². The van der Waals surface area contributed by atoms with Gasteiger partial charge in [0.15, 0.2) is 0 Å². The summed E-state index contributed by atoms with van der Waals surface area (Å²) in [6.07, 6.45) is 1.14. The zero-order chi connectivity index (χ0) is 7.23. The Labute approximate surface area is 61.5 Å². The number of hydrogen-bond donors (Lipinski definition) is 1. The summed E-state index contributed by atoms with van der Waals surface area (Å²) in [5.74, 6) is 0.617. The molecular weight excluding hydrogens is 130 g/mol. The van der Waals surface area contributed by atoms with E-state index in [2.05, 4.69) is 0 Å². The molecule has 0 amide bonds. The van der Waals surface area contributed by atoms with Gasteiger partial charge in [0, 0.05) is 19.1 Å². The van der Waals surface area contributed by atoms with E-state index in [1.54, 1.807) is 0 Å². The lowest BCUT2D eigenvalue weighted by atomic mass is 10.1. The van der Waals surface area contributed by atoms with Crippen molar-refractivity contribution in [2.24, 2.45) is 11.7 Å². The molecule has 2 N–H and O–H groups in total. The third-order valence-electron chi connectivity index (χ3n) is 1.64. The maximum atomic E-state index is 5.26. The van der Waals surface area contributed by atoms with Gasteiger partial charge >= 0.3 is 0 Å². The second kappa shape index (κ2) is 4.66. The molecule has 3 nitrogen and oxygen atoms in total. The van der Waals surface area contributed by atoms with Gasteiger partial charge in [-0.1, -0.05) is 0 Å². The first-order valence-electron chi connectivity index (χ1n) is 3.79. The fourth-order valence-electron chi connectivity index (χ4n) is 1.05. The van der Waals surface area contributed by atoms with E-state index in [1.807, 2.05) is 0 Å². The summed E-state index contributed by atoms with van der Waals surface area (Å²) in [5, 5.41) is 0. The molecule has 60 valence electrons. The first kappa shape index (κ1) is 7.98. The second-order valence-corrected chi connectivity index (χ2v) is 2.59. The van der Waals surface area contributed by atoms with Crippen LogP contribution in [0.15, 0.2) is 0 Å². The first-order valence-corrected chi connectivity index (χ1v) is 3.79. The van der Waals surface area contributed by atoms with Crippen LogP contribution in [0.4, 0.5) is 0 Å². The molecule has 1 rings (SSSR count). The Morgan fingerprint density at radius 3 is 3.10 bits per heavy atom. The van der Waals surface area contributed by atoms with Gasteiger partial charge in [0.05, 0.1) is 19.8 Å². The van der Waals surface area contributed by atoms with E-state index in [9.17, 15) is 0 Å². The molecular formula is C7H15NO2. The summed E-state index contributed by atoms with van der Waals surface area (Å²) in [4.78, 5) is 0. The maximum Gasteiger partial charge on any atom is 0.0588 e. The lowest BCUT2D eigenvalue weighted by molar-refractivity contribution is 0.0949. The van der Waals surface area contributed by atoms with Crippen LogP contribution in [-0.2, 0) is 9.47 Å². The molecule has 3 heteroatoms. The number of ether oxygens (including phenoxy) is 2. The van der Waals surface area contributed by atoms with Crippen molar-refractivity contribution < 1.29 is 9.47 Å². The van der Waals surface area contributed by atoms with Crippen molar-refractivity contribution in [1.82, 2.24) is 0 Å². The van der Waals surface area contributed by atoms with Crippen LogP contribution in [-0.4, -0.2) is 33.0 Å². The molecule has 0 saturated carbocycles. The normalized spacial score (nSPS) is 25.5. The van der Waals surface area contributed by atoms with E-state index in [0.717, 1.165) is 26.2 Å². The molecule has 0 unspecified atom stereocenters. The first-order chi connectivity index (χ1) is 4.93. The summed E-state index contributed by atoms with van der Waals surface area (Å²) < 4.78 is 10.4. The highest BCUT2D eigenvalue weighted by Crippen LogP contribution is 2.11. The minimum Gasteiger partial charge on any atom is -0.381 e. The standard InChI is InChI=1S/C7H15NO2/c8-2-4-10-6-7-1-3-9-5-7/h7H,1-6,8H2/t7-/m1/s1. The second-order valence-electron chi connectivity index (χ2n) is 2.59. The SMILES string of the molecule is NCCOC[C@@H]1CCOC1. The summed E-state index contributed by atoms with van der Waals surface area (Å²) >= 11 is 0. The number of nitrogens with two attached hydrogens (primary N) is 1. The monoisotopic (exact) mass is 145 g/mol. The summed E-state index contributed by atoms with van der Waals surface area (Å²) in [6.45, 7) is 3.88. The van der Waals surface area contributed by atoms with Gasteiger partial charge in [-0.15, -0.1) is 0 Å². The molecule has 1 aliphatic rings. The average Bonchev–Trinajstić information content (AvgIpc) is 2.41. The minimum atomic E-state index is 0.617. The molecule has 1 heterocycles. The van der Waals surface area contributed by atoms with Crippen LogP contribution < -0.4 is 5.73 Å². The van der Waals surface area contributed by atoms with E-state index in [4.69, 9.17) is 15.2 Å². The van der Waals surface area contributed by atoms with Crippen molar-refractivity contribution in [3.63, 3.8) is 0 Å². The van der Waals surface area contributed by atoms with Gasteiger partial charge in [-0.3, -0.25) is 0 Å². The van der Waals surface area contributed by atoms with E-state index in [1.165, 1.54) is 0 Å². The molecule has 0 aliphatic carbocycles. The molecule has 0 spiro atoms. The Balaban J connectivity index is 1.91. The van der Waals surface area contributed by atoms with Gasteiger partial charge < -0.3 is 15.2 Å². The highest BCUT2D eigenvalue weighted by atomic mass is 16.5. The van der Waals surface area contributed by atoms with Crippen LogP contribution in [0.2, 0.25) is 0 Å².